The number of aryl methyl sites for hydroxylation is 2. The van der Waals surface area contributed by atoms with Gasteiger partial charge in [-0.15, -0.1) is 0 Å². The zero-order valence-electron chi connectivity index (χ0n) is 15.8. The van der Waals surface area contributed by atoms with Crippen molar-refractivity contribution >= 4 is 9.84 Å². The Morgan fingerprint density at radius 3 is 1.30 bits per heavy atom. The number of hydrogen-bond acceptors (Lipinski definition) is 4. The number of sulfone groups is 1. The molecule has 0 amide bonds. The van der Waals surface area contributed by atoms with E-state index >= 15 is 0 Å². The number of phenols is 2. The minimum Gasteiger partial charge on any atom is -0.508 e. The summed E-state index contributed by atoms with van der Waals surface area (Å²) in [6, 6.07) is 14.4. The first kappa shape index (κ1) is 21.3. The molecular weight excluding hydrogens is 360 g/mol. The van der Waals surface area contributed by atoms with E-state index in [9.17, 15) is 18.6 Å². The highest BCUT2D eigenvalue weighted by molar-refractivity contribution is 7.91. The van der Waals surface area contributed by atoms with Crippen LogP contribution in [-0.2, 0) is 22.7 Å². The maximum atomic E-state index is 12.1. The topological polar surface area (TPSA) is 74.6 Å². The number of hydrogen-bond donors (Lipinski definition) is 2. The third kappa shape index (κ3) is 8.96. The van der Waals surface area contributed by atoms with Gasteiger partial charge in [0.1, 0.15) is 21.3 Å². The summed E-state index contributed by atoms with van der Waals surface area (Å²) in [6.45, 7) is 0. The van der Waals surface area contributed by atoms with Gasteiger partial charge in [-0.25, -0.2) is 8.42 Å². The largest absolute Gasteiger partial charge is 0.508 e. The highest BCUT2D eigenvalue weighted by Crippen LogP contribution is 2.14. The normalized spacial score (nSPS) is 11.6. The second-order valence-corrected chi connectivity index (χ2v) is 9.41. The molecule has 0 saturated heterocycles. The number of phenolic OH excluding ortho intramolecular Hbond substituents is 2. The smallest absolute Gasteiger partial charge is 0.150 e. The van der Waals surface area contributed by atoms with E-state index in [0.29, 0.717) is 12.8 Å². The molecule has 0 aliphatic heterocycles. The lowest BCUT2D eigenvalue weighted by atomic mass is 10.1. The predicted octanol–water partition coefficient (Wildman–Crippen LogP) is 4.64. The van der Waals surface area contributed by atoms with Crippen molar-refractivity contribution in [1.82, 2.24) is 0 Å². The van der Waals surface area contributed by atoms with Crippen LogP contribution in [0.15, 0.2) is 48.5 Å². The number of aromatic hydroxyl groups is 2. The van der Waals surface area contributed by atoms with Crippen LogP contribution in [0.5, 0.6) is 11.5 Å². The molecule has 0 radical (unpaired) electrons. The Bertz CT molecular complexity index is 703. The first-order valence-electron chi connectivity index (χ1n) is 9.71. The van der Waals surface area contributed by atoms with Crippen molar-refractivity contribution in [3.8, 4) is 11.5 Å². The van der Waals surface area contributed by atoms with Gasteiger partial charge in [0.25, 0.3) is 0 Å². The van der Waals surface area contributed by atoms with Crippen LogP contribution in [-0.4, -0.2) is 30.1 Å². The Labute approximate surface area is 162 Å². The molecular formula is C22H30O4S. The van der Waals surface area contributed by atoms with Gasteiger partial charge in [-0.05, 0) is 73.9 Å². The standard InChI is InChI=1S/C22H30O4S/c23-21-13-9-19(10-14-21)7-3-1-5-17-27(25,26)18-6-2-4-8-20-11-15-22(24)16-12-20/h9-16,23-24H,1-8,17-18H2. The van der Waals surface area contributed by atoms with Crippen molar-refractivity contribution < 1.29 is 18.6 Å². The van der Waals surface area contributed by atoms with Crippen LogP contribution in [0, 0.1) is 0 Å². The lowest BCUT2D eigenvalue weighted by molar-refractivity contribution is 0.474. The molecule has 0 aliphatic carbocycles. The van der Waals surface area contributed by atoms with E-state index in [1.165, 1.54) is 11.1 Å². The SMILES string of the molecule is O=S(=O)(CCCCCc1ccc(O)cc1)CCCCCc1ccc(O)cc1. The van der Waals surface area contributed by atoms with Crippen LogP contribution >= 0.6 is 0 Å². The Hall–Kier alpha value is -2.01. The molecule has 0 aliphatic rings. The molecule has 0 unspecified atom stereocenters. The van der Waals surface area contributed by atoms with Crippen LogP contribution in [0.1, 0.15) is 49.7 Å². The van der Waals surface area contributed by atoms with E-state index in [1.54, 1.807) is 24.3 Å². The molecule has 27 heavy (non-hydrogen) atoms. The lowest BCUT2D eigenvalue weighted by Gasteiger charge is -2.06. The summed E-state index contributed by atoms with van der Waals surface area (Å²) in [4.78, 5) is 0. The number of rotatable bonds is 12. The fourth-order valence-electron chi connectivity index (χ4n) is 3.08. The summed E-state index contributed by atoms with van der Waals surface area (Å²) in [7, 11) is -2.95. The maximum Gasteiger partial charge on any atom is 0.150 e. The summed E-state index contributed by atoms with van der Waals surface area (Å²) in [6.07, 6.45) is 7.00. The fraction of sp³-hybridized carbons (Fsp3) is 0.455. The third-order valence-electron chi connectivity index (χ3n) is 4.71. The molecule has 0 atom stereocenters. The van der Waals surface area contributed by atoms with Crippen LogP contribution in [0.25, 0.3) is 0 Å². The minimum atomic E-state index is -2.95. The van der Waals surface area contributed by atoms with Crippen LogP contribution < -0.4 is 0 Å². The average Bonchev–Trinajstić information content (AvgIpc) is 2.64. The molecule has 148 valence electrons. The van der Waals surface area contributed by atoms with Crippen molar-refractivity contribution in [2.24, 2.45) is 0 Å². The van der Waals surface area contributed by atoms with E-state index in [2.05, 4.69) is 0 Å². The monoisotopic (exact) mass is 390 g/mol. The van der Waals surface area contributed by atoms with Crippen LogP contribution in [0.3, 0.4) is 0 Å². The Morgan fingerprint density at radius 1 is 0.556 bits per heavy atom. The molecule has 0 heterocycles. The van der Waals surface area contributed by atoms with Crippen molar-refractivity contribution in [1.29, 1.82) is 0 Å². The second-order valence-electron chi connectivity index (χ2n) is 7.11. The van der Waals surface area contributed by atoms with Gasteiger partial charge in [-0.3, -0.25) is 0 Å². The minimum absolute atomic E-state index is 0.271. The van der Waals surface area contributed by atoms with E-state index < -0.39 is 9.84 Å². The number of unbranched alkanes of at least 4 members (excludes halogenated alkanes) is 4. The van der Waals surface area contributed by atoms with Gasteiger partial charge in [0.05, 0.1) is 11.5 Å². The molecule has 2 aromatic carbocycles. The lowest BCUT2D eigenvalue weighted by Crippen LogP contribution is -2.11. The summed E-state index contributed by atoms with van der Waals surface area (Å²) in [5, 5.41) is 18.5. The highest BCUT2D eigenvalue weighted by atomic mass is 32.2. The molecule has 0 fully saturated rings. The van der Waals surface area contributed by atoms with E-state index in [0.717, 1.165) is 38.5 Å². The first-order valence-corrected chi connectivity index (χ1v) is 11.5. The van der Waals surface area contributed by atoms with Gasteiger partial charge in [0.15, 0.2) is 0 Å². The summed E-state index contributed by atoms with van der Waals surface area (Å²) in [5.41, 5.74) is 2.34. The Balaban J connectivity index is 1.52. The van der Waals surface area contributed by atoms with Crippen molar-refractivity contribution in [3.05, 3.63) is 59.7 Å². The molecule has 0 saturated carbocycles. The molecule has 4 nitrogen and oxygen atoms in total. The third-order valence-corrected chi connectivity index (χ3v) is 6.54. The van der Waals surface area contributed by atoms with Gasteiger partial charge in [0, 0.05) is 0 Å². The number of benzene rings is 2. The van der Waals surface area contributed by atoms with Crippen molar-refractivity contribution in [3.63, 3.8) is 0 Å². The summed E-state index contributed by atoms with van der Waals surface area (Å²) in [5.74, 6) is 1.10. The molecule has 0 bridgehead atoms. The zero-order valence-corrected chi connectivity index (χ0v) is 16.6. The van der Waals surface area contributed by atoms with Gasteiger partial charge in [0.2, 0.25) is 0 Å². The van der Waals surface area contributed by atoms with Gasteiger partial charge >= 0.3 is 0 Å². The summed E-state index contributed by atoms with van der Waals surface area (Å²) >= 11 is 0. The second kappa shape index (κ2) is 11.0. The van der Waals surface area contributed by atoms with Crippen LogP contribution in [0.2, 0.25) is 0 Å². The fourth-order valence-corrected chi connectivity index (χ4v) is 4.58. The highest BCUT2D eigenvalue weighted by Gasteiger charge is 2.10. The average molecular weight is 391 g/mol. The Kier molecular flexibility index (Phi) is 8.65. The van der Waals surface area contributed by atoms with E-state index in [1.807, 2.05) is 24.3 Å². The molecule has 2 rings (SSSR count). The Morgan fingerprint density at radius 2 is 0.926 bits per heavy atom. The van der Waals surface area contributed by atoms with Crippen molar-refractivity contribution in [2.45, 2.75) is 51.4 Å². The zero-order chi connectivity index (χ0) is 19.5. The molecule has 0 spiro atoms. The van der Waals surface area contributed by atoms with Gasteiger partial charge in [-0.2, -0.15) is 0 Å². The van der Waals surface area contributed by atoms with Crippen molar-refractivity contribution in [2.75, 3.05) is 11.5 Å². The molecule has 2 N–H and O–H groups in total. The van der Waals surface area contributed by atoms with Gasteiger partial charge in [-0.1, -0.05) is 37.1 Å². The van der Waals surface area contributed by atoms with Gasteiger partial charge < -0.3 is 10.2 Å². The quantitative estimate of drug-likeness (QED) is 0.518. The predicted molar refractivity (Wildman–Crippen MR) is 110 cm³/mol. The molecule has 2 aromatic rings. The maximum absolute atomic E-state index is 12.1. The van der Waals surface area contributed by atoms with E-state index in [4.69, 9.17) is 0 Å². The van der Waals surface area contributed by atoms with E-state index in [-0.39, 0.29) is 23.0 Å². The summed E-state index contributed by atoms with van der Waals surface area (Å²) < 4.78 is 24.2. The molecule has 0 aromatic heterocycles. The molecule has 5 heteroatoms. The first-order chi connectivity index (χ1) is 12.9. The van der Waals surface area contributed by atoms with Crippen LogP contribution in [0.4, 0.5) is 0 Å².